The molecule has 0 N–H and O–H groups in total. The number of carbonyl (C=O) groups excluding carboxylic acids is 1. The summed E-state index contributed by atoms with van der Waals surface area (Å²) in [7, 11) is 3.31. The molecule has 0 aromatic heterocycles. The second kappa shape index (κ2) is 21.8. The Morgan fingerprint density at radius 3 is 2.30 bits per heavy atom. The van der Waals surface area contributed by atoms with Crippen LogP contribution >= 0.6 is 0 Å². The molecule has 1 aliphatic heterocycles. The van der Waals surface area contributed by atoms with Crippen molar-refractivity contribution in [2.24, 2.45) is 5.92 Å². The molecule has 0 spiro atoms. The Hall–Kier alpha value is -6.83. The van der Waals surface area contributed by atoms with Crippen molar-refractivity contribution in [3.8, 4) is 28.7 Å². The second-order valence-electron chi connectivity index (χ2n) is 15.3. The van der Waals surface area contributed by atoms with Crippen molar-refractivity contribution < 1.29 is 47.9 Å². The lowest BCUT2D eigenvalue weighted by Crippen LogP contribution is -2.53. The average molecular weight is 857 g/mol. The number of likely N-dealkylation sites (tertiary alicyclic amines) is 1. The summed E-state index contributed by atoms with van der Waals surface area (Å²) in [6, 6.07) is 42.3. The molecule has 1 fully saturated rings. The van der Waals surface area contributed by atoms with Crippen LogP contribution in [-0.2, 0) is 34.1 Å². The third kappa shape index (κ3) is 12.2. The zero-order chi connectivity index (χ0) is 44.0. The maximum atomic E-state index is 14.0. The number of aryl methyl sites for hydroxylation is 1. The molecule has 1 aliphatic rings. The lowest BCUT2D eigenvalue weighted by atomic mass is 9.78. The number of ether oxygens (including phenoxy) is 7. The van der Waals surface area contributed by atoms with Gasteiger partial charge in [-0.15, -0.1) is 10.1 Å². The summed E-state index contributed by atoms with van der Waals surface area (Å²) in [6.45, 7) is 4.24. The van der Waals surface area contributed by atoms with Gasteiger partial charge in [-0.2, -0.15) is 0 Å². The Morgan fingerprint density at radius 1 is 0.714 bits per heavy atom. The zero-order valence-electron chi connectivity index (χ0n) is 35.7. The molecule has 3 unspecified atom stereocenters. The SMILES string of the molecule is COc1ccccc1COCCCOc1ccc(C2C(COc3cccc(C)c3)CN(C(=O)Oc3cccc(CO[N+](=O)[O-])c3)CC2OCc2cc(OC)c3ccccc3c2)cc1. The molecule has 6 aromatic carbocycles. The molecule has 0 aliphatic carbocycles. The van der Waals surface area contributed by atoms with Gasteiger partial charge >= 0.3 is 6.09 Å². The topological polar surface area (TPSA) is 137 Å². The molecule has 0 bridgehead atoms. The van der Waals surface area contributed by atoms with Crippen molar-refractivity contribution >= 4 is 16.9 Å². The Balaban J connectivity index is 1.11. The standard InChI is InChI=1S/C50H52N2O11/c1-35-11-8-15-43(25-35)60-34-41-29-51(50(53)63-44-16-9-12-36(27-44)32-62-52(54)55)30-48(61-31-37-26-39-13-4-6-17-45(39)47(28-37)57-3)49(41)38-19-21-42(22-20-38)59-24-10-23-58-33-40-14-5-7-18-46(40)56-2/h4-9,11-22,25-28,41,48-49H,10,23-24,29-34H2,1-3H3. The van der Waals surface area contributed by atoms with Crippen molar-refractivity contribution in [3.63, 3.8) is 0 Å². The number of hydrogen-bond acceptors (Lipinski definition) is 11. The molecule has 13 nitrogen and oxygen atoms in total. The molecule has 6 aromatic rings. The maximum Gasteiger partial charge on any atom is 0.415 e. The van der Waals surface area contributed by atoms with E-state index in [1.165, 1.54) is 0 Å². The highest BCUT2D eigenvalue weighted by Gasteiger charge is 2.41. The van der Waals surface area contributed by atoms with Crippen molar-refractivity contribution in [2.45, 2.75) is 45.2 Å². The number of hydrogen-bond donors (Lipinski definition) is 0. The molecule has 1 saturated heterocycles. The molecule has 0 radical (unpaired) electrons. The molecule has 3 atom stereocenters. The van der Waals surface area contributed by atoms with Crippen molar-refractivity contribution in [3.05, 3.63) is 171 Å². The molecule has 7 rings (SSSR count). The predicted octanol–water partition coefficient (Wildman–Crippen LogP) is 9.74. The molecule has 1 amide bonds. The van der Waals surface area contributed by atoms with Gasteiger partial charge in [-0.3, -0.25) is 0 Å². The van der Waals surface area contributed by atoms with Crippen LogP contribution in [0.5, 0.6) is 28.7 Å². The third-order valence-corrected chi connectivity index (χ3v) is 10.9. The second-order valence-corrected chi connectivity index (χ2v) is 15.3. The van der Waals surface area contributed by atoms with E-state index >= 15 is 0 Å². The summed E-state index contributed by atoms with van der Waals surface area (Å²) in [4.78, 5) is 31.0. The van der Waals surface area contributed by atoms with Gasteiger partial charge in [0.05, 0.1) is 59.9 Å². The van der Waals surface area contributed by atoms with E-state index in [2.05, 4.69) is 23.0 Å². The fourth-order valence-electron chi connectivity index (χ4n) is 7.89. The van der Waals surface area contributed by atoms with Gasteiger partial charge in [0, 0.05) is 35.8 Å². The van der Waals surface area contributed by atoms with E-state index in [0.717, 1.165) is 56.0 Å². The summed E-state index contributed by atoms with van der Waals surface area (Å²) in [6.07, 6.45) is -0.379. The Morgan fingerprint density at radius 2 is 1.49 bits per heavy atom. The van der Waals surface area contributed by atoms with E-state index in [9.17, 15) is 14.9 Å². The van der Waals surface area contributed by atoms with Gasteiger partial charge in [0.1, 0.15) is 35.4 Å². The lowest BCUT2D eigenvalue weighted by molar-refractivity contribution is -0.763. The minimum absolute atomic E-state index is 0.207. The summed E-state index contributed by atoms with van der Waals surface area (Å²) in [5.74, 6) is 2.78. The first-order valence-corrected chi connectivity index (χ1v) is 20.9. The molecular formula is C50H52N2O11. The monoisotopic (exact) mass is 856 g/mol. The number of para-hydroxylation sites is 1. The first-order valence-electron chi connectivity index (χ1n) is 20.9. The van der Waals surface area contributed by atoms with Crippen molar-refractivity contribution in [1.29, 1.82) is 0 Å². The number of nitrogens with zero attached hydrogens (tertiary/aromatic N) is 2. The number of amides is 1. The number of piperidine rings is 1. The molecular weight excluding hydrogens is 805 g/mol. The van der Waals surface area contributed by atoms with E-state index in [1.54, 1.807) is 43.4 Å². The summed E-state index contributed by atoms with van der Waals surface area (Å²) >= 11 is 0. The van der Waals surface area contributed by atoms with Gasteiger partial charge in [0.25, 0.3) is 5.09 Å². The summed E-state index contributed by atoms with van der Waals surface area (Å²) < 4.78 is 42.5. The largest absolute Gasteiger partial charge is 0.496 e. The first-order chi connectivity index (χ1) is 30.8. The summed E-state index contributed by atoms with van der Waals surface area (Å²) in [5.41, 5.74) is 4.47. The lowest BCUT2D eigenvalue weighted by Gasteiger charge is -2.43. The number of rotatable bonds is 20. The van der Waals surface area contributed by atoms with Crippen LogP contribution in [0.15, 0.2) is 133 Å². The van der Waals surface area contributed by atoms with E-state index in [4.69, 9.17) is 33.2 Å². The van der Waals surface area contributed by atoms with Crippen LogP contribution in [0.1, 0.15) is 40.2 Å². The minimum Gasteiger partial charge on any atom is -0.496 e. The zero-order valence-corrected chi connectivity index (χ0v) is 35.7. The molecule has 0 saturated carbocycles. The Bertz CT molecular complexity index is 2440. The van der Waals surface area contributed by atoms with E-state index in [0.29, 0.717) is 38.3 Å². The van der Waals surface area contributed by atoms with Gasteiger partial charge in [0.15, 0.2) is 0 Å². The molecule has 328 valence electrons. The number of methoxy groups -OCH3 is 2. The van der Waals surface area contributed by atoms with Crippen LogP contribution in [0, 0.1) is 23.0 Å². The smallest absolute Gasteiger partial charge is 0.415 e. The molecule has 1 heterocycles. The highest BCUT2D eigenvalue weighted by atomic mass is 16.9. The third-order valence-electron chi connectivity index (χ3n) is 10.9. The normalized spacial score (nSPS) is 16.0. The maximum absolute atomic E-state index is 14.0. The van der Waals surface area contributed by atoms with Crippen LogP contribution in [0.2, 0.25) is 0 Å². The fourth-order valence-corrected chi connectivity index (χ4v) is 7.89. The molecule has 63 heavy (non-hydrogen) atoms. The van der Waals surface area contributed by atoms with Crippen LogP contribution in [-0.4, -0.2) is 69.3 Å². The number of carbonyl (C=O) groups is 1. The van der Waals surface area contributed by atoms with Crippen LogP contribution in [0.25, 0.3) is 10.8 Å². The summed E-state index contributed by atoms with van der Waals surface area (Å²) in [5, 5.41) is 12.0. The van der Waals surface area contributed by atoms with E-state index in [1.807, 2.05) is 97.9 Å². The van der Waals surface area contributed by atoms with Gasteiger partial charge < -0.3 is 42.9 Å². The van der Waals surface area contributed by atoms with Crippen molar-refractivity contribution in [1.82, 2.24) is 4.90 Å². The predicted molar refractivity (Wildman–Crippen MR) is 237 cm³/mol. The van der Waals surface area contributed by atoms with Gasteiger partial charge in [0.2, 0.25) is 0 Å². The highest BCUT2D eigenvalue weighted by molar-refractivity contribution is 5.89. The van der Waals surface area contributed by atoms with Crippen molar-refractivity contribution in [2.75, 3.05) is 47.1 Å². The molecule has 13 heteroatoms. The Labute approximate surface area is 367 Å². The quantitative estimate of drug-likeness (QED) is 0.0412. The average Bonchev–Trinajstić information content (AvgIpc) is 3.30. The van der Waals surface area contributed by atoms with Crippen LogP contribution < -0.4 is 23.7 Å². The van der Waals surface area contributed by atoms with Gasteiger partial charge in [-0.25, -0.2) is 4.79 Å². The van der Waals surface area contributed by atoms with Crippen LogP contribution in [0.3, 0.4) is 0 Å². The highest BCUT2D eigenvalue weighted by Crippen LogP contribution is 2.38. The van der Waals surface area contributed by atoms with E-state index in [-0.39, 0.29) is 44.0 Å². The minimum atomic E-state index is -0.862. The van der Waals surface area contributed by atoms with Gasteiger partial charge in [-0.1, -0.05) is 78.9 Å². The fraction of sp³-hybridized carbons (Fsp3) is 0.300. The van der Waals surface area contributed by atoms with Crippen LogP contribution in [0.4, 0.5) is 4.79 Å². The number of benzene rings is 6. The number of fused-ring (bicyclic) bond motifs is 1. The van der Waals surface area contributed by atoms with Gasteiger partial charge in [-0.05, 0) is 89.2 Å². The van der Waals surface area contributed by atoms with E-state index < -0.39 is 17.3 Å². The Kier molecular flexibility index (Phi) is 15.3. The first kappa shape index (κ1) is 44.2.